The van der Waals surface area contributed by atoms with Gasteiger partial charge in [-0.25, -0.2) is 0 Å². The molecule has 0 aliphatic rings. The number of benzene rings is 2. The van der Waals surface area contributed by atoms with E-state index >= 15 is 0 Å². The normalized spacial score (nSPS) is 12.3. The van der Waals surface area contributed by atoms with E-state index < -0.39 is 6.36 Å². The maximum absolute atomic E-state index is 11.6. The third-order valence-electron chi connectivity index (χ3n) is 4.93. The van der Waals surface area contributed by atoms with Crippen LogP contribution in [-0.2, 0) is 11.4 Å². The van der Waals surface area contributed by atoms with Gasteiger partial charge in [0.2, 0.25) is 5.91 Å². The van der Waals surface area contributed by atoms with E-state index in [9.17, 15) is 23.1 Å². The lowest BCUT2D eigenvalue weighted by molar-refractivity contribution is -0.274. The van der Waals surface area contributed by atoms with Gasteiger partial charge in [-0.1, -0.05) is 56.3 Å². The van der Waals surface area contributed by atoms with E-state index in [1.54, 1.807) is 26.1 Å². The molecule has 0 aliphatic carbocycles. The number of rotatable bonds is 8. The monoisotopic (exact) mass is 464 g/mol. The fraction of sp³-hybridized carbons (Fsp3) is 0.360. The van der Waals surface area contributed by atoms with E-state index in [2.05, 4.69) is 41.5 Å². The lowest BCUT2D eigenvalue weighted by atomic mass is 9.88. The summed E-state index contributed by atoms with van der Waals surface area (Å²) in [5.74, 6) is -0.0609. The summed E-state index contributed by atoms with van der Waals surface area (Å²) < 4.78 is 38.5. The van der Waals surface area contributed by atoms with Crippen molar-refractivity contribution in [1.82, 2.24) is 5.32 Å². The number of nitrogens with zero attached hydrogens (tertiary/aromatic N) is 1. The molecule has 0 fully saturated rings. The zero-order valence-corrected chi connectivity index (χ0v) is 19.4. The van der Waals surface area contributed by atoms with Crippen molar-refractivity contribution in [3.05, 3.63) is 77.4 Å². The Kier molecular flexibility index (Phi) is 11.4. The quantitative estimate of drug-likeness (QED) is 0.411. The summed E-state index contributed by atoms with van der Waals surface area (Å²) in [5.41, 5.74) is 4.59. The summed E-state index contributed by atoms with van der Waals surface area (Å²) >= 11 is 0. The highest BCUT2D eigenvalue weighted by atomic mass is 19.4. The Bertz CT molecular complexity index is 939. The molecule has 0 spiro atoms. The average molecular weight is 465 g/mol. The summed E-state index contributed by atoms with van der Waals surface area (Å²) in [6.45, 7) is 9.78. The number of aliphatic hydroxyl groups excluding tert-OH is 1. The van der Waals surface area contributed by atoms with Crippen molar-refractivity contribution in [3.63, 3.8) is 0 Å². The van der Waals surface area contributed by atoms with Crippen LogP contribution in [-0.4, -0.2) is 36.7 Å². The van der Waals surface area contributed by atoms with Gasteiger partial charge >= 0.3 is 6.36 Å². The zero-order chi connectivity index (χ0) is 25.0. The molecule has 0 bridgehead atoms. The van der Waals surface area contributed by atoms with Crippen LogP contribution in [0.5, 0.6) is 5.75 Å². The van der Waals surface area contributed by atoms with Gasteiger partial charge in [-0.05, 0) is 48.6 Å². The molecule has 0 aliphatic heterocycles. The number of alkyl halides is 3. The van der Waals surface area contributed by atoms with Crippen LogP contribution < -0.4 is 10.1 Å². The number of hydrogen-bond acceptors (Lipinski definition) is 4. The minimum atomic E-state index is -4.60. The van der Waals surface area contributed by atoms with Gasteiger partial charge < -0.3 is 15.2 Å². The number of aliphatic hydroxyl groups is 1. The number of nitrogens with one attached hydrogen (secondary N) is 1. The van der Waals surface area contributed by atoms with Gasteiger partial charge in [-0.2, -0.15) is 0 Å². The Morgan fingerprint density at radius 2 is 1.88 bits per heavy atom. The molecule has 0 saturated carbocycles. The van der Waals surface area contributed by atoms with Crippen molar-refractivity contribution in [2.45, 2.75) is 46.1 Å². The molecule has 2 aromatic carbocycles. The zero-order valence-electron chi connectivity index (χ0n) is 19.4. The first kappa shape index (κ1) is 27.9. The van der Waals surface area contributed by atoms with Crippen molar-refractivity contribution >= 4 is 11.6 Å². The minimum Gasteiger partial charge on any atom is -0.406 e. The molecule has 2 aromatic rings. The van der Waals surface area contributed by atoms with Gasteiger partial charge in [0.1, 0.15) is 5.75 Å². The van der Waals surface area contributed by atoms with Gasteiger partial charge in [0.25, 0.3) is 0 Å². The molecule has 0 saturated heterocycles. The van der Waals surface area contributed by atoms with Gasteiger partial charge in [0, 0.05) is 12.6 Å². The van der Waals surface area contributed by atoms with Crippen LogP contribution in [0.3, 0.4) is 0 Å². The molecular formula is C25H31F3N2O3. The molecule has 0 radical (unpaired) electrons. The molecular weight excluding hydrogens is 433 g/mol. The topological polar surface area (TPSA) is 70.9 Å². The van der Waals surface area contributed by atoms with Gasteiger partial charge in [0.15, 0.2) is 0 Å². The fourth-order valence-corrected chi connectivity index (χ4v) is 3.00. The van der Waals surface area contributed by atoms with Crippen molar-refractivity contribution < 1.29 is 27.8 Å². The first-order valence-corrected chi connectivity index (χ1v) is 10.5. The van der Waals surface area contributed by atoms with E-state index in [1.165, 1.54) is 18.2 Å². The summed E-state index contributed by atoms with van der Waals surface area (Å²) in [6, 6.07) is 11.6. The number of amides is 1. The average Bonchev–Trinajstić information content (AvgIpc) is 2.79. The van der Waals surface area contributed by atoms with Crippen molar-refractivity contribution in [2.24, 2.45) is 4.99 Å². The molecule has 33 heavy (non-hydrogen) atoms. The number of halogens is 3. The summed E-state index contributed by atoms with van der Waals surface area (Å²) in [4.78, 5) is 15.7. The van der Waals surface area contributed by atoms with Crippen LogP contribution in [0.2, 0.25) is 0 Å². The number of aliphatic imine (C=N–C) groups is 1. The highest BCUT2D eigenvalue weighted by Crippen LogP contribution is 2.26. The van der Waals surface area contributed by atoms with E-state index in [0.29, 0.717) is 12.5 Å². The SMILES string of the molecule is C=CC(=O)NCC(=NC)c1c(CO)cccc1C(C)CC.Cc1ccc(OC(F)(F)F)cc1. The largest absolute Gasteiger partial charge is 0.573 e. The maximum atomic E-state index is 11.6. The molecule has 8 heteroatoms. The molecule has 1 amide bonds. The highest BCUT2D eigenvalue weighted by molar-refractivity contribution is 6.06. The number of hydrogen-bond donors (Lipinski definition) is 2. The van der Waals surface area contributed by atoms with Gasteiger partial charge in [-0.15, -0.1) is 13.2 Å². The fourth-order valence-electron chi connectivity index (χ4n) is 3.00. The Morgan fingerprint density at radius 3 is 2.36 bits per heavy atom. The Morgan fingerprint density at radius 1 is 1.24 bits per heavy atom. The van der Waals surface area contributed by atoms with Crippen LogP contribution in [0.25, 0.3) is 0 Å². The molecule has 2 rings (SSSR count). The van der Waals surface area contributed by atoms with E-state index in [-0.39, 0.29) is 18.3 Å². The number of carbonyl (C=O) groups excluding carboxylic acids is 1. The van der Waals surface area contributed by atoms with Crippen molar-refractivity contribution in [1.29, 1.82) is 0 Å². The predicted molar refractivity (Wildman–Crippen MR) is 125 cm³/mol. The lowest BCUT2D eigenvalue weighted by Crippen LogP contribution is -2.29. The molecule has 180 valence electrons. The molecule has 0 aromatic heterocycles. The van der Waals surface area contributed by atoms with E-state index in [0.717, 1.165) is 34.4 Å². The van der Waals surface area contributed by atoms with Crippen LogP contribution in [0.15, 0.2) is 60.1 Å². The first-order chi connectivity index (χ1) is 15.6. The second-order valence-electron chi connectivity index (χ2n) is 7.30. The molecule has 0 heterocycles. The standard InChI is InChI=1S/C17H24N2O2.C8H7F3O/c1-5-12(3)14-9-7-8-13(11-20)17(14)15(18-4)10-19-16(21)6-2;1-6-2-4-7(5-3-6)12-8(9,10)11/h6-9,12,20H,2,5,10-11H2,1,3-4H3,(H,19,21);2-5H,1H3. The molecule has 2 N–H and O–H groups in total. The predicted octanol–water partition coefficient (Wildman–Crippen LogP) is 5.31. The van der Waals surface area contributed by atoms with E-state index in [4.69, 9.17) is 0 Å². The Balaban J connectivity index is 0.000000383. The lowest BCUT2D eigenvalue weighted by Gasteiger charge is -2.19. The first-order valence-electron chi connectivity index (χ1n) is 10.5. The van der Waals surface area contributed by atoms with E-state index in [1.807, 2.05) is 12.1 Å². The third kappa shape index (κ3) is 9.49. The van der Waals surface area contributed by atoms with Crippen LogP contribution in [0, 0.1) is 6.92 Å². The molecule has 1 atom stereocenters. The summed E-state index contributed by atoms with van der Waals surface area (Å²) in [5, 5.41) is 12.4. The smallest absolute Gasteiger partial charge is 0.406 e. The van der Waals surface area contributed by atoms with Crippen molar-refractivity contribution in [3.8, 4) is 5.75 Å². The summed E-state index contributed by atoms with van der Waals surface area (Å²) in [7, 11) is 1.70. The number of ether oxygens (including phenoxy) is 1. The minimum absolute atomic E-state index is 0.0476. The van der Waals surface area contributed by atoms with Crippen LogP contribution in [0.1, 0.15) is 48.4 Å². The second kappa shape index (κ2) is 13.4. The number of aryl methyl sites for hydroxylation is 1. The van der Waals surface area contributed by atoms with Crippen LogP contribution >= 0.6 is 0 Å². The maximum Gasteiger partial charge on any atom is 0.573 e. The van der Waals surface area contributed by atoms with Gasteiger partial charge in [0.05, 0.1) is 18.9 Å². The highest BCUT2D eigenvalue weighted by Gasteiger charge is 2.30. The van der Waals surface area contributed by atoms with Crippen molar-refractivity contribution in [2.75, 3.05) is 13.6 Å². The molecule has 1 unspecified atom stereocenters. The Labute approximate surface area is 193 Å². The number of carbonyl (C=O) groups is 1. The molecule has 5 nitrogen and oxygen atoms in total. The Hall–Kier alpha value is -3.13. The second-order valence-corrected chi connectivity index (χ2v) is 7.30. The summed E-state index contributed by atoms with van der Waals surface area (Å²) in [6.07, 6.45) is -2.37. The third-order valence-corrected chi connectivity index (χ3v) is 4.93. The van der Waals surface area contributed by atoms with Crippen LogP contribution in [0.4, 0.5) is 13.2 Å². The van der Waals surface area contributed by atoms with Gasteiger partial charge in [-0.3, -0.25) is 9.79 Å².